The van der Waals surface area contributed by atoms with Crippen LogP contribution in [0, 0.1) is 12.7 Å². The number of aromatic nitrogens is 3. The molecule has 3 aromatic rings. The number of benzene rings is 2. The molecule has 0 spiro atoms. The molecule has 0 radical (unpaired) electrons. The highest BCUT2D eigenvalue weighted by atomic mass is 35.5. The Balaban J connectivity index is 1.70. The number of hydrogen-bond acceptors (Lipinski definition) is 5. The molecule has 1 aromatic heterocycles. The summed E-state index contributed by atoms with van der Waals surface area (Å²) in [4.78, 5) is 26.2. The van der Waals surface area contributed by atoms with Crippen molar-refractivity contribution in [2.24, 2.45) is 7.05 Å². The standard InChI is InChI=1S/C22H22ClFN4O4/c1-13-9-19(32-12-20-25-26-22(30)27(20)2)16(11-17(13)23)15-10-14(3-4-18(15)24)21(29)28-5-7-31-8-6-28/h3-4,9-11H,5-8,12H2,1-2H3,(H,26,30). The largest absolute Gasteiger partial charge is 0.485 e. The van der Waals surface area contributed by atoms with Crippen LogP contribution in [0.5, 0.6) is 5.75 Å². The van der Waals surface area contributed by atoms with Crippen molar-refractivity contribution in [1.82, 2.24) is 19.7 Å². The van der Waals surface area contributed by atoms with E-state index >= 15 is 0 Å². The number of hydrogen-bond donors (Lipinski definition) is 1. The fourth-order valence-electron chi connectivity index (χ4n) is 3.45. The van der Waals surface area contributed by atoms with E-state index in [1.54, 1.807) is 31.0 Å². The monoisotopic (exact) mass is 460 g/mol. The fourth-order valence-corrected chi connectivity index (χ4v) is 3.61. The summed E-state index contributed by atoms with van der Waals surface area (Å²) in [5, 5.41) is 6.70. The zero-order valence-corrected chi connectivity index (χ0v) is 18.4. The van der Waals surface area contributed by atoms with Crippen molar-refractivity contribution in [1.29, 1.82) is 0 Å². The van der Waals surface area contributed by atoms with E-state index in [4.69, 9.17) is 21.1 Å². The molecule has 4 rings (SSSR count). The van der Waals surface area contributed by atoms with Gasteiger partial charge in [-0.1, -0.05) is 11.6 Å². The van der Waals surface area contributed by atoms with Crippen LogP contribution in [-0.4, -0.2) is 51.9 Å². The van der Waals surface area contributed by atoms with Crippen LogP contribution >= 0.6 is 11.6 Å². The van der Waals surface area contributed by atoms with Crippen molar-refractivity contribution in [3.63, 3.8) is 0 Å². The van der Waals surface area contributed by atoms with Gasteiger partial charge in [0.25, 0.3) is 5.91 Å². The van der Waals surface area contributed by atoms with Crippen molar-refractivity contribution >= 4 is 17.5 Å². The van der Waals surface area contributed by atoms with E-state index < -0.39 is 5.82 Å². The molecule has 1 aliphatic heterocycles. The summed E-state index contributed by atoms with van der Waals surface area (Å²) in [5.41, 5.74) is 1.33. The van der Waals surface area contributed by atoms with Crippen LogP contribution in [0.2, 0.25) is 5.02 Å². The predicted molar refractivity (Wildman–Crippen MR) is 116 cm³/mol. The fraction of sp³-hybridized carbons (Fsp3) is 0.318. The zero-order chi connectivity index (χ0) is 22.8. The maximum Gasteiger partial charge on any atom is 0.343 e. The number of morpholine rings is 1. The lowest BCUT2D eigenvalue weighted by Crippen LogP contribution is -2.40. The Labute approximate surface area is 188 Å². The number of ether oxygens (including phenoxy) is 2. The summed E-state index contributed by atoms with van der Waals surface area (Å²) >= 11 is 6.33. The molecule has 1 amide bonds. The van der Waals surface area contributed by atoms with Gasteiger partial charge in [0, 0.05) is 41.9 Å². The van der Waals surface area contributed by atoms with Crippen LogP contribution in [0.15, 0.2) is 35.1 Å². The molecule has 2 aromatic carbocycles. The highest BCUT2D eigenvalue weighted by Gasteiger charge is 2.21. The number of nitrogens with zero attached hydrogens (tertiary/aromatic N) is 3. The van der Waals surface area contributed by atoms with Crippen molar-refractivity contribution in [2.45, 2.75) is 13.5 Å². The highest BCUT2D eigenvalue weighted by Crippen LogP contribution is 2.37. The topological polar surface area (TPSA) is 89.4 Å². The molecule has 0 saturated carbocycles. The van der Waals surface area contributed by atoms with Gasteiger partial charge in [-0.2, -0.15) is 5.10 Å². The first-order valence-electron chi connectivity index (χ1n) is 10.1. The molecule has 2 heterocycles. The third-order valence-corrected chi connectivity index (χ3v) is 5.80. The Kier molecular flexibility index (Phi) is 6.29. The third-order valence-electron chi connectivity index (χ3n) is 5.39. The zero-order valence-electron chi connectivity index (χ0n) is 17.7. The van der Waals surface area contributed by atoms with E-state index in [9.17, 15) is 14.0 Å². The molecule has 0 unspecified atom stereocenters. The molecule has 1 fully saturated rings. The minimum absolute atomic E-state index is 0.0165. The van der Waals surface area contributed by atoms with Gasteiger partial charge in [-0.3, -0.25) is 9.36 Å². The van der Waals surface area contributed by atoms with Gasteiger partial charge >= 0.3 is 5.69 Å². The normalized spacial score (nSPS) is 13.9. The summed E-state index contributed by atoms with van der Waals surface area (Å²) in [6.07, 6.45) is 0. The Hall–Kier alpha value is -3.17. The second-order valence-corrected chi connectivity index (χ2v) is 7.90. The lowest BCUT2D eigenvalue weighted by molar-refractivity contribution is 0.0303. The maximum atomic E-state index is 14.9. The van der Waals surface area contributed by atoms with Crippen LogP contribution in [0.25, 0.3) is 11.1 Å². The average molecular weight is 461 g/mol. The first-order valence-corrected chi connectivity index (χ1v) is 10.4. The molecule has 32 heavy (non-hydrogen) atoms. The molecule has 0 bridgehead atoms. The quantitative estimate of drug-likeness (QED) is 0.632. The number of H-pyrrole nitrogens is 1. The van der Waals surface area contributed by atoms with Gasteiger partial charge in [0.15, 0.2) is 5.82 Å². The molecule has 1 saturated heterocycles. The van der Waals surface area contributed by atoms with Gasteiger partial charge in [0.1, 0.15) is 18.2 Å². The van der Waals surface area contributed by atoms with E-state index in [2.05, 4.69) is 10.2 Å². The molecule has 0 aliphatic carbocycles. The number of rotatable bonds is 5. The van der Waals surface area contributed by atoms with Crippen molar-refractivity contribution < 1.29 is 18.7 Å². The Morgan fingerprint density at radius 1 is 1.25 bits per heavy atom. The first kappa shape index (κ1) is 22.0. The van der Waals surface area contributed by atoms with E-state index in [-0.39, 0.29) is 23.8 Å². The lowest BCUT2D eigenvalue weighted by atomic mass is 9.99. The second kappa shape index (κ2) is 9.13. The van der Waals surface area contributed by atoms with Crippen LogP contribution in [0.4, 0.5) is 4.39 Å². The van der Waals surface area contributed by atoms with Gasteiger partial charge in [0.05, 0.1) is 13.2 Å². The van der Waals surface area contributed by atoms with Gasteiger partial charge in [-0.25, -0.2) is 14.3 Å². The summed E-state index contributed by atoms with van der Waals surface area (Å²) in [7, 11) is 1.57. The van der Waals surface area contributed by atoms with Gasteiger partial charge in [-0.15, -0.1) is 0 Å². The van der Waals surface area contributed by atoms with Crippen LogP contribution < -0.4 is 10.4 Å². The molecule has 168 valence electrons. The van der Waals surface area contributed by atoms with E-state index in [0.29, 0.717) is 54.0 Å². The molecule has 1 aliphatic rings. The predicted octanol–water partition coefficient (Wildman–Crippen LogP) is 2.93. The van der Waals surface area contributed by atoms with E-state index in [1.165, 1.54) is 22.8 Å². The molecule has 1 N–H and O–H groups in total. The Morgan fingerprint density at radius 3 is 2.69 bits per heavy atom. The first-order chi connectivity index (χ1) is 15.3. The summed E-state index contributed by atoms with van der Waals surface area (Å²) in [6.45, 7) is 3.70. The van der Waals surface area contributed by atoms with Gasteiger partial charge < -0.3 is 14.4 Å². The lowest BCUT2D eigenvalue weighted by Gasteiger charge is -2.27. The molecule has 10 heteroatoms. The van der Waals surface area contributed by atoms with Crippen molar-refractivity contribution in [2.75, 3.05) is 26.3 Å². The Bertz CT molecular complexity index is 1220. The smallest absolute Gasteiger partial charge is 0.343 e. The molecule has 0 atom stereocenters. The number of carbonyl (C=O) groups excluding carboxylic acids is 1. The number of amides is 1. The van der Waals surface area contributed by atoms with Gasteiger partial charge in [-0.05, 0) is 42.8 Å². The van der Waals surface area contributed by atoms with Crippen LogP contribution in [-0.2, 0) is 18.4 Å². The van der Waals surface area contributed by atoms with Crippen molar-refractivity contribution in [3.8, 4) is 16.9 Å². The number of nitrogens with one attached hydrogen (secondary N) is 1. The SMILES string of the molecule is Cc1cc(OCc2n[nH]c(=O)n2C)c(-c2cc(C(=O)N3CCOCC3)ccc2F)cc1Cl. The van der Waals surface area contributed by atoms with Crippen LogP contribution in [0.3, 0.4) is 0 Å². The number of aryl methyl sites for hydroxylation is 1. The maximum absolute atomic E-state index is 14.9. The van der Waals surface area contributed by atoms with E-state index in [0.717, 1.165) is 5.56 Å². The third kappa shape index (κ3) is 4.39. The van der Waals surface area contributed by atoms with Crippen molar-refractivity contribution in [3.05, 3.63) is 68.6 Å². The number of carbonyl (C=O) groups is 1. The number of halogens is 2. The molecular weight excluding hydrogens is 439 g/mol. The minimum atomic E-state index is -0.513. The molecular formula is C22H22ClFN4O4. The number of aromatic amines is 1. The van der Waals surface area contributed by atoms with Crippen LogP contribution in [0.1, 0.15) is 21.7 Å². The summed E-state index contributed by atoms with van der Waals surface area (Å²) in [6, 6.07) is 7.53. The summed E-state index contributed by atoms with van der Waals surface area (Å²) < 4.78 is 27.4. The molecule has 8 nitrogen and oxygen atoms in total. The Morgan fingerprint density at radius 2 is 2.00 bits per heavy atom. The minimum Gasteiger partial charge on any atom is -0.485 e. The average Bonchev–Trinajstić information content (AvgIpc) is 3.12. The highest BCUT2D eigenvalue weighted by molar-refractivity contribution is 6.31. The van der Waals surface area contributed by atoms with E-state index in [1.807, 2.05) is 0 Å². The summed E-state index contributed by atoms with van der Waals surface area (Å²) in [5.74, 6) is 0.0321. The van der Waals surface area contributed by atoms with Gasteiger partial charge in [0.2, 0.25) is 0 Å². The second-order valence-electron chi connectivity index (χ2n) is 7.49.